The molecule has 0 aliphatic carbocycles. The molecule has 106 valence electrons. The second-order valence-electron chi connectivity index (χ2n) is 4.93. The van der Waals surface area contributed by atoms with Crippen LogP contribution in [0.25, 0.3) is 0 Å². The van der Waals surface area contributed by atoms with Crippen molar-refractivity contribution in [3.63, 3.8) is 0 Å². The van der Waals surface area contributed by atoms with E-state index < -0.39 is 7.60 Å². The number of allylic oxidation sites excluding steroid dienone is 2. The van der Waals surface area contributed by atoms with Gasteiger partial charge in [-0.3, -0.25) is 9.36 Å². The zero-order valence-corrected chi connectivity index (χ0v) is 13.0. The number of Topliss-reactive ketones (excluding diaryl/α,β-unsaturated/α-hetero) is 1. The lowest BCUT2D eigenvalue weighted by molar-refractivity contribution is -0.122. The molecule has 0 heterocycles. The lowest BCUT2D eigenvalue weighted by Crippen LogP contribution is -2.12. The van der Waals surface area contributed by atoms with Crippen molar-refractivity contribution in [3.05, 3.63) is 11.6 Å². The third-order valence-corrected chi connectivity index (χ3v) is 3.84. The Hall–Kier alpha value is -0.440. The lowest BCUT2D eigenvalue weighted by atomic mass is 9.99. The molecule has 2 unspecified atom stereocenters. The van der Waals surface area contributed by atoms with E-state index in [1.165, 1.54) is 19.3 Å². The average molecular weight is 276 g/mol. The normalized spacial score (nSPS) is 15.8. The first kappa shape index (κ1) is 17.6. The lowest BCUT2D eigenvalue weighted by Gasteiger charge is -2.12. The molecule has 2 atom stereocenters. The van der Waals surface area contributed by atoms with Gasteiger partial charge >= 0.3 is 7.60 Å². The molecule has 4 nitrogen and oxygen atoms in total. The molecule has 0 saturated carbocycles. The highest BCUT2D eigenvalue weighted by molar-refractivity contribution is 7.52. The van der Waals surface area contributed by atoms with Gasteiger partial charge in [0.1, 0.15) is 6.61 Å². The van der Waals surface area contributed by atoms with Crippen LogP contribution in [0.15, 0.2) is 11.6 Å². The van der Waals surface area contributed by atoms with Crippen LogP contribution in [0.4, 0.5) is 0 Å². The number of hydrogen-bond donors (Lipinski definition) is 0. The largest absolute Gasteiger partial charge is 0.327 e. The molecule has 0 spiro atoms. The first-order valence-electron chi connectivity index (χ1n) is 6.19. The zero-order valence-electron chi connectivity index (χ0n) is 12.1. The fraction of sp³-hybridized carbons (Fsp3) is 0.769. The van der Waals surface area contributed by atoms with E-state index in [4.69, 9.17) is 4.52 Å². The minimum absolute atomic E-state index is 0.0289. The van der Waals surface area contributed by atoms with Crippen LogP contribution < -0.4 is 0 Å². The molecular weight excluding hydrogens is 251 g/mol. The number of ketones is 1. The molecule has 18 heavy (non-hydrogen) atoms. The Kier molecular flexibility index (Phi) is 8.41. The van der Waals surface area contributed by atoms with Crippen molar-refractivity contribution in [2.45, 2.75) is 40.0 Å². The van der Waals surface area contributed by atoms with Crippen LogP contribution in [0.2, 0.25) is 0 Å². The van der Waals surface area contributed by atoms with Crippen LogP contribution >= 0.6 is 7.60 Å². The maximum Gasteiger partial charge on any atom is 0.327 e. The molecule has 0 N–H and O–H groups in total. The van der Waals surface area contributed by atoms with E-state index in [0.29, 0.717) is 12.3 Å². The van der Waals surface area contributed by atoms with Gasteiger partial charge in [0.15, 0.2) is 5.78 Å². The quantitative estimate of drug-likeness (QED) is 0.474. The SMILES string of the molecule is COP(C)(=O)OCC(=O)CC(C)CCC=C(C)C. The van der Waals surface area contributed by atoms with Crippen molar-refractivity contribution in [2.75, 3.05) is 20.4 Å². The third-order valence-electron chi connectivity index (χ3n) is 2.58. The molecule has 5 heteroatoms. The van der Waals surface area contributed by atoms with Crippen molar-refractivity contribution in [3.8, 4) is 0 Å². The van der Waals surface area contributed by atoms with Gasteiger partial charge in [0, 0.05) is 20.2 Å². The number of carbonyl (C=O) groups excluding carboxylic acids is 1. The molecule has 0 rings (SSSR count). The number of hydrogen-bond acceptors (Lipinski definition) is 4. The smallest absolute Gasteiger partial charge is 0.312 e. The van der Waals surface area contributed by atoms with E-state index in [-0.39, 0.29) is 12.4 Å². The zero-order chi connectivity index (χ0) is 14.2. The first-order valence-corrected chi connectivity index (χ1v) is 8.18. The maximum absolute atomic E-state index is 11.6. The minimum atomic E-state index is -3.04. The number of carbonyl (C=O) groups is 1. The van der Waals surface area contributed by atoms with E-state index in [1.54, 1.807) is 0 Å². The Morgan fingerprint density at radius 3 is 2.50 bits per heavy atom. The van der Waals surface area contributed by atoms with Crippen molar-refractivity contribution in [1.29, 1.82) is 0 Å². The molecule has 0 fully saturated rings. The van der Waals surface area contributed by atoms with E-state index in [0.717, 1.165) is 12.8 Å². The molecule has 0 radical (unpaired) electrons. The van der Waals surface area contributed by atoms with Crippen LogP contribution in [0.1, 0.15) is 40.0 Å². The number of rotatable bonds is 9. The Bertz CT molecular complexity index is 332. The van der Waals surface area contributed by atoms with E-state index >= 15 is 0 Å². The van der Waals surface area contributed by atoms with Gasteiger partial charge in [0.2, 0.25) is 0 Å². The Morgan fingerprint density at radius 2 is 2.00 bits per heavy atom. The summed E-state index contributed by atoms with van der Waals surface area (Å²) >= 11 is 0. The highest BCUT2D eigenvalue weighted by Gasteiger charge is 2.17. The fourth-order valence-corrected chi connectivity index (χ4v) is 1.93. The minimum Gasteiger partial charge on any atom is -0.312 e. The monoisotopic (exact) mass is 276 g/mol. The summed E-state index contributed by atoms with van der Waals surface area (Å²) in [6.45, 7) is 7.39. The van der Waals surface area contributed by atoms with Crippen LogP contribution in [0.3, 0.4) is 0 Å². The molecule has 0 aromatic rings. The average Bonchev–Trinajstić information content (AvgIpc) is 2.26. The second-order valence-corrected chi connectivity index (χ2v) is 7.10. The topological polar surface area (TPSA) is 52.6 Å². The predicted molar refractivity (Wildman–Crippen MR) is 73.9 cm³/mol. The van der Waals surface area contributed by atoms with Gasteiger partial charge in [-0.05, 0) is 32.6 Å². The maximum atomic E-state index is 11.6. The summed E-state index contributed by atoms with van der Waals surface area (Å²) in [7, 11) is -1.72. The van der Waals surface area contributed by atoms with E-state index in [1.807, 2.05) is 6.92 Å². The van der Waals surface area contributed by atoms with E-state index in [2.05, 4.69) is 24.4 Å². The van der Waals surface area contributed by atoms with Crippen LogP contribution in [-0.2, 0) is 18.4 Å². The first-order chi connectivity index (χ1) is 8.26. The van der Waals surface area contributed by atoms with Gasteiger partial charge in [0.05, 0.1) is 0 Å². The summed E-state index contributed by atoms with van der Waals surface area (Å²) in [5.41, 5.74) is 1.30. The Morgan fingerprint density at radius 1 is 1.39 bits per heavy atom. The molecule has 0 aliphatic heterocycles. The van der Waals surface area contributed by atoms with Gasteiger partial charge < -0.3 is 9.05 Å². The standard InChI is InChI=1S/C13H25O4P/c1-11(2)7-6-8-12(3)9-13(14)10-17-18(5,15)16-4/h7,12H,6,8-10H2,1-5H3. The van der Waals surface area contributed by atoms with Crippen LogP contribution in [0, 0.1) is 5.92 Å². The van der Waals surface area contributed by atoms with Crippen molar-refractivity contribution < 1.29 is 18.4 Å². The predicted octanol–water partition coefficient (Wildman–Crippen LogP) is 3.81. The molecule has 0 aliphatic rings. The van der Waals surface area contributed by atoms with Crippen molar-refractivity contribution >= 4 is 13.4 Å². The summed E-state index contributed by atoms with van der Waals surface area (Å²) in [5.74, 6) is 0.286. The summed E-state index contributed by atoms with van der Waals surface area (Å²) in [6.07, 6.45) is 4.59. The molecule has 0 saturated heterocycles. The van der Waals surface area contributed by atoms with E-state index in [9.17, 15) is 9.36 Å². The summed E-state index contributed by atoms with van der Waals surface area (Å²) in [4.78, 5) is 11.6. The summed E-state index contributed by atoms with van der Waals surface area (Å²) in [5, 5.41) is 0. The Labute approximate surface area is 110 Å². The van der Waals surface area contributed by atoms with Gasteiger partial charge in [-0.25, -0.2) is 0 Å². The summed E-state index contributed by atoms with van der Waals surface area (Å²) < 4.78 is 21.0. The summed E-state index contributed by atoms with van der Waals surface area (Å²) in [6, 6.07) is 0. The molecule has 0 aromatic carbocycles. The molecule has 0 bridgehead atoms. The highest BCUT2D eigenvalue weighted by atomic mass is 31.2. The van der Waals surface area contributed by atoms with Crippen molar-refractivity contribution in [1.82, 2.24) is 0 Å². The fourth-order valence-electron chi connectivity index (χ4n) is 1.45. The third kappa shape index (κ3) is 9.58. The van der Waals surface area contributed by atoms with Gasteiger partial charge in [0.25, 0.3) is 0 Å². The second kappa shape index (κ2) is 8.63. The van der Waals surface area contributed by atoms with Crippen molar-refractivity contribution in [2.24, 2.45) is 5.92 Å². The highest BCUT2D eigenvalue weighted by Crippen LogP contribution is 2.42. The van der Waals surface area contributed by atoms with Crippen LogP contribution in [-0.4, -0.2) is 26.2 Å². The van der Waals surface area contributed by atoms with Crippen LogP contribution in [0.5, 0.6) is 0 Å². The van der Waals surface area contributed by atoms with Gasteiger partial charge in [-0.1, -0.05) is 18.6 Å². The van der Waals surface area contributed by atoms with Gasteiger partial charge in [-0.2, -0.15) is 0 Å². The Balaban J connectivity index is 3.88. The van der Waals surface area contributed by atoms with Gasteiger partial charge in [-0.15, -0.1) is 0 Å². The molecule has 0 aromatic heterocycles. The molecule has 0 amide bonds. The molecular formula is C13H25O4P.